The number of aromatic nitrogens is 1. The molecule has 0 aliphatic heterocycles. The molecule has 13 heavy (non-hydrogen) atoms. The van der Waals surface area contributed by atoms with Crippen LogP contribution in [-0.2, 0) is 6.42 Å². The highest BCUT2D eigenvalue weighted by Crippen LogP contribution is 2.06. The molecule has 0 aromatic carbocycles. The number of halogens is 1. The molecule has 1 rings (SSSR count). The topological polar surface area (TPSA) is 62.2 Å². The Kier molecular flexibility index (Phi) is 3.94. The fourth-order valence-corrected chi connectivity index (χ4v) is 1.45. The van der Waals surface area contributed by atoms with Gasteiger partial charge in [-0.1, -0.05) is 28.7 Å². The third-order valence-electron chi connectivity index (χ3n) is 1.39. The minimum atomic E-state index is -1.08. The summed E-state index contributed by atoms with van der Waals surface area (Å²) in [6, 6.07) is 5.30. The summed E-state index contributed by atoms with van der Waals surface area (Å²) in [5, 5.41) is 10.6. The van der Waals surface area contributed by atoms with Gasteiger partial charge in [0.25, 0.3) is 0 Å². The summed E-state index contributed by atoms with van der Waals surface area (Å²) in [6.07, 6.45) is -0.227. The number of nitrogens with zero attached hydrogens (tertiary/aromatic N) is 1. The highest BCUT2D eigenvalue weighted by atomic mass is 127. The molecular weight excluding hydrogens is 283 g/mol. The molecule has 4 nitrogen and oxygen atoms in total. The van der Waals surface area contributed by atoms with Gasteiger partial charge in [0.2, 0.25) is 0 Å². The van der Waals surface area contributed by atoms with E-state index in [1.807, 2.05) is 6.07 Å². The summed E-state index contributed by atoms with van der Waals surface area (Å²) in [4.78, 5) is 14.4. The van der Waals surface area contributed by atoms with Crippen molar-refractivity contribution in [2.24, 2.45) is 0 Å². The van der Waals surface area contributed by atoms with E-state index in [0.29, 0.717) is 5.82 Å². The fraction of sp³-hybridized carbons (Fsp3) is 0.250. The molecule has 0 aliphatic rings. The van der Waals surface area contributed by atoms with Crippen molar-refractivity contribution >= 4 is 34.5 Å². The smallest absolute Gasteiger partial charge is 0.410 e. The fourth-order valence-electron chi connectivity index (χ4n) is 0.895. The molecule has 1 amide bonds. The van der Waals surface area contributed by atoms with Gasteiger partial charge in [-0.15, -0.1) is 0 Å². The van der Waals surface area contributed by atoms with E-state index in [4.69, 9.17) is 5.11 Å². The summed E-state index contributed by atoms with van der Waals surface area (Å²) in [5.74, 6) is 0.384. The number of nitrogens with one attached hydrogen (secondary N) is 1. The molecule has 0 unspecified atom stereocenters. The van der Waals surface area contributed by atoms with Crippen molar-refractivity contribution in [2.45, 2.75) is 6.42 Å². The first-order valence-corrected chi connectivity index (χ1v) is 5.27. The number of anilines is 1. The number of amides is 1. The zero-order valence-electron chi connectivity index (χ0n) is 6.83. The lowest BCUT2D eigenvalue weighted by atomic mass is 10.3. The van der Waals surface area contributed by atoms with Crippen LogP contribution in [0.4, 0.5) is 10.6 Å². The number of hydrogen-bond donors (Lipinski definition) is 2. The standard InChI is InChI=1S/C8H9IN2O2/c9-5-4-6-2-1-3-7(10-6)11-8(12)13/h1-3H,4-5H2,(H,10,11)(H,12,13). The van der Waals surface area contributed by atoms with Gasteiger partial charge in [0.05, 0.1) is 0 Å². The Morgan fingerprint density at radius 3 is 3.00 bits per heavy atom. The molecule has 1 aromatic rings. The summed E-state index contributed by atoms with van der Waals surface area (Å²) in [6.45, 7) is 0. The molecule has 2 N–H and O–H groups in total. The zero-order valence-corrected chi connectivity index (χ0v) is 8.98. The second-order valence-electron chi connectivity index (χ2n) is 2.38. The maximum Gasteiger partial charge on any atom is 0.410 e. The van der Waals surface area contributed by atoms with Crippen LogP contribution < -0.4 is 5.32 Å². The predicted molar refractivity (Wildman–Crippen MR) is 58.5 cm³/mol. The van der Waals surface area contributed by atoms with Crippen LogP contribution in [0.1, 0.15) is 5.69 Å². The predicted octanol–water partition coefficient (Wildman–Crippen LogP) is 2.15. The largest absolute Gasteiger partial charge is 0.465 e. The summed E-state index contributed by atoms with van der Waals surface area (Å²) < 4.78 is 0.973. The highest BCUT2D eigenvalue weighted by molar-refractivity contribution is 14.1. The lowest BCUT2D eigenvalue weighted by molar-refractivity contribution is 0.209. The number of rotatable bonds is 3. The third kappa shape index (κ3) is 3.58. The minimum absolute atomic E-state index is 0.384. The van der Waals surface area contributed by atoms with E-state index in [1.54, 1.807) is 12.1 Å². The molecule has 70 valence electrons. The number of aryl methyl sites for hydroxylation is 1. The number of pyridine rings is 1. The average Bonchev–Trinajstić information content (AvgIpc) is 2.04. The molecule has 0 saturated carbocycles. The second-order valence-corrected chi connectivity index (χ2v) is 3.46. The first-order valence-electron chi connectivity index (χ1n) is 3.74. The van der Waals surface area contributed by atoms with Crippen LogP contribution in [0.15, 0.2) is 18.2 Å². The Morgan fingerprint density at radius 2 is 2.38 bits per heavy atom. The molecule has 0 bridgehead atoms. The molecule has 0 spiro atoms. The molecule has 0 radical (unpaired) electrons. The molecule has 1 heterocycles. The average molecular weight is 292 g/mol. The van der Waals surface area contributed by atoms with Crippen LogP contribution in [0.3, 0.4) is 0 Å². The van der Waals surface area contributed by atoms with Gasteiger partial charge >= 0.3 is 6.09 Å². The van der Waals surface area contributed by atoms with Gasteiger partial charge in [-0.05, 0) is 18.6 Å². The normalized spacial score (nSPS) is 9.62. The van der Waals surface area contributed by atoms with E-state index in [-0.39, 0.29) is 0 Å². The van der Waals surface area contributed by atoms with Crippen molar-refractivity contribution in [1.29, 1.82) is 0 Å². The molecule has 0 aliphatic carbocycles. The van der Waals surface area contributed by atoms with Crippen molar-refractivity contribution in [3.63, 3.8) is 0 Å². The Labute approximate surface area is 89.5 Å². The maximum atomic E-state index is 10.3. The molecule has 0 atom stereocenters. The van der Waals surface area contributed by atoms with Gasteiger partial charge < -0.3 is 5.11 Å². The third-order valence-corrected chi connectivity index (χ3v) is 1.93. The van der Waals surface area contributed by atoms with Crippen LogP contribution >= 0.6 is 22.6 Å². The summed E-state index contributed by atoms with van der Waals surface area (Å²) in [5.41, 5.74) is 0.903. The first kappa shape index (κ1) is 10.2. The molecule has 1 aromatic heterocycles. The number of carbonyl (C=O) groups is 1. The van der Waals surface area contributed by atoms with Gasteiger partial charge in [-0.25, -0.2) is 9.78 Å². The van der Waals surface area contributed by atoms with E-state index >= 15 is 0 Å². The lowest BCUT2D eigenvalue weighted by Gasteiger charge is -2.01. The van der Waals surface area contributed by atoms with Gasteiger partial charge in [0, 0.05) is 10.1 Å². The van der Waals surface area contributed by atoms with Crippen molar-refractivity contribution < 1.29 is 9.90 Å². The number of carboxylic acid groups (broad SMARTS) is 1. The van der Waals surface area contributed by atoms with Crippen molar-refractivity contribution in [3.8, 4) is 0 Å². The van der Waals surface area contributed by atoms with E-state index in [1.165, 1.54) is 0 Å². The molecule has 5 heteroatoms. The quantitative estimate of drug-likeness (QED) is 0.663. The number of alkyl halides is 1. The van der Waals surface area contributed by atoms with E-state index in [0.717, 1.165) is 16.5 Å². The van der Waals surface area contributed by atoms with Gasteiger partial charge in [0.15, 0.2) is 0 Å². The Balaban J connectivity index is 2.73. The van der Waals surface area contributed by atoms with Crippen molar-refractivity contribution in [1.82, 2.24) is 4.98 Å². The van der Waals surface area contributed by atoms with E-state index in [9.17, 15) is 4.79 Å². The van der Waals surface area contributed by atoms with E-state index < -0.39 is 6.09 Å². The monoisotopic (exact) mass is 292 g/mol. The first-order chi connectivity index (χ1) is 6.22. The summed E-state index contributed by atoms with van der Waals surface area (Å²) in [7, 11) is 0. The minimum Gasteiger partial charge on any atom is -0.465 e. The van der Waals surface area contributed by atoms with Crippen molar-refractivity contribution in [3.05, 3.63) is 23.9 Å². The second kappa shape index (κ2) is 5.00. The van der Waals surface area contributed by atoms with Crippen LogP contribution in [0.25, 0.3) is 0 Å². The van der Waals surface area contributed by atoms with Crippen LogP contribution in [0.2, 0.25) is 0 Å². The molecule has 0 fully saturated rings. The van der Waals surface area contributed by atoms with Crippen LogP contribution in [0.5, 0.6) is 0 Å². The Hall–Kier alpha value is -0.850. The maximum absolute atomic E-state index is 10.3. The Bertz CT molecular complexity index is 304. The van der Waals surface area contributed by atoms with Gasteiger partial charge in [0.1, 0.15) is 5.82 Å². The molecular formula is C8H9IN2O2. The van der Waals surface area contributed by atoms with E-state index in [2.05, 4.69) is 32.9 Å². The van der Waals surface area contributed by atoms with Gasteiger partial charge in [-0.3, -0.25) is 5.32 Å². The van der Waals surface area contributed by atoms with Crippen molar-refractivity contribution in [2.75, 3.05) is 9.74 Å². The zero-order chi connectivity index (χ0) is 9.68. The SMILES string of the molecule is O=C(O)Nc1cccc(CCI)n1. The Morgan fingerprint density at radius 1 is 1.62 bits per heavy atom. The number of hydrogen-bond acceptors (Lipinski definition) is 2. The van der Waals surface area contributed by atoms with Gasteiger partial charge in [-0.2, -0.15) is 0 Å². The lowest BCUT2D eigenvalue weighted by Crippen LogP contribution is -2.09. The van der Waals surface area contributed by atoms with Crippen LogP contribution in [0, 0.1) is 0 Å². The highest BCUT2D eigenvalue weighted by Gasteiger charge is 1.99. The molecule has 0 saturated heterocycles. The van der Waals surface area contributed by atoms with Crippen LogP contribution in [-0.4, -0.2) is 20.6 Å². The summed E-state index contributed by atoms with van der Waals surface area (Å²) >= 11 is 2.25.